The van der Waals surface area contributed by atoms with Crippen LogP contribution in [0.5, 0.6) is 0 Å². The zero-order valence-corrected chi connectivity index (χ0v) is 13.8. The van der Waals surface area contributed by atoms with Gasteiger partial charge < -0.3 is 10.3 Å². The first kappa shape index (κ1) is 14.9. The van der Waals surface area contributed by atoms with E-state index in [0.29, 0.717) is 24.7 Å². The number of H-pyrrole nitrogens is 1. The molecule has 0 radical (unpaired) electrons. The van der Waals surface area contributed by atoms with Gasteiger partial charge in [0.05, 0.1) is 6.07 Å². The van der Waals surface area contributed by atoms with E-state index in [4.69, 9.17) is 0 Å². The molecular formula is C16H15N7S. The zero-order chi connectivity index (χ0) is 16.6. The quantitative estimate of drug-likeness (QED) is 0.705. The fourth-order valence-electron chi connectivity index (χ4n) is 2.82. The Kier molecular flexibility index (Phi) is 3.59. The van der Waals surface area contributed by atoms with Crippen molar-refractivity contribution in [3.63, 3.8) is 0 Å². The molecule has 0 amide bonds. The summed E-state index contributed by atoms with van der Waals surface area (Å²) in [5.41, 5.74) is 1.13. The van der Waals surface area contributed by atoms with Crippen molar-refractivity contribution in [3.8, 4) is 17.5 Å². The highest BCUT2D eigenvalue weighted by molar-refractivity contribution is 7.96. The lowest BCUT2D eigenvalue weighted by atomic mass is 9.94. The van der Waals surface area contributed by atoms with Gasteiger partial charge in [0.1, 0.15) is 11.5 Å². The molecule has 120 valence electrons. The number of aromatic amines is 1. The minimum Gasteiger partial charge on any atom is -0.350 e. The molecule has 3 aromatic heterocycles. The summed E-state index contributed by atoms with van der Waals surface area (Å²) in [4.78, 5) is 16.4. The van der Waals surface area contributed by atoms with Crippen LogP contribution in [-0.4, -0.2) is 49.1 Å². The second-order valence-corrected chi connectivity index (χ2v) is 6.55. The molecule has 2 N–H and O–H groups in total. The Hall–Kier alpha value is -2.63. The van der Waals surface area contributed by atoms with Crippen LogP contribution in [0.1, 0.15) is 0 Å². The van der Waals surface area contributed by atoms with Gasteiger partial charge >= 0.3 is 0 Å². The minimum atomic E-state index is -0.587. The molecule has 1 fully saturated rings. The lowest BCUT2D eigenvalue weighted by molar-refractivity contribution is 0.249. The highest BCUT2D eigenvalue weighted by Gasteiger charge is 2.43. The first-order chi connectivity index (χ1) is 11.7. The third-order valence-electron chi connectivity index (χ3n) is 4.09. The summed E-state index contributed by atoms with van der Waals surface area (Å²) >= 11 is 1.64. The van der Waals surface area contributed by atoms with Gasteiger partial charge in [-0.1, -0.05) is 11.9 Å². The monoisotopic (exact) mass is 337 g/mol. The summed E-state index contributed by atoms with van der Waals surface area (Å²) < 4.78 is 2.13. The number of nitrogens with one attached hydrogen (secondary N) is 2. The summed E-state index contributed by atoms with van der Waals surface area (Å²) in [5, 5.41) is 13.7. The second-order valence-electron chi connectivity index (χ2n) is 5.66. The molecule has 1 aliphatic heterocycles. The van der Waals surface area contributed by atoms with Crippen LogP contribution in [0.15, 0.2) is 36.8 Å². The fourth-order valence-corrected chi connectivity index (χ4v) is 3.52. The maximum Gasteiger partial charge on any atom is 0.162 e. The third kappa shape index (κ3) is 2.48. The van der Waals surface area contributed by atoms with E-state index < -0.39 is 5.54 Å². The van der Waals surface area contributed by atoms with Crippen LogP contribution in [0.4, 0.5) is 5.82 Å². The molecule has 0 aliphatic carbocycles. The number of nitriles is 1. The van der Waals surface area contributed by atoms with Crippen molar-refractivity contribution < 1.29 is 0 Å². The van der Waals surface area contributed by atoms with Crippen molar-refractivity contribution >= 4 is 28.8 Å². The van der Waals surface area contributed by atoms with Gasteiger partial charge in [0, 0.05) is 42.6 Å². The number of hydrogen-bond donors (Lipinski definition) is 2. The smallest absolute Gasteiger partial charge is 0.162 e. The number of hydrogen-bond acceptors (Lipinski definition) is 7. The van der Waals surface area contributed by atoms with Crippen LogP contribution in [0.3, 0.4) is 0 Å². The van der Waals surface area contributed by atoms with Gasteiger partial charge in [-0.25, -0.2) is 19.3 Å². The van der Waals surface area contributed by atoms with Gasteiger partial charge in [-0.15, -0.1) is 0 Å². The molecule has 24 heavy (non-hydrogen) atoms. The number of fused-ring (bicyclic) bond motifs is 1. The molecule has 0 aromatic carbocycles. The molecule has 4 heterocycles. The van der Waals surface area contributed by atoms with E-state index in [9.17, 15) is 5.26 Å². The van der Waals surface area contributed by atoms with Crippen molar-refractivity contribution in [2.24, 2.45) is 0 Å². The van der Waals surface area contributed by atoms with Crippen LogP contribution in [0.25, 0.3) is 22.4 Å². The summed E-state index contributed by atoms with van der Waals surface area (Å²) in [6, 6.07) is 8.02. The Labute approximate surface area is 143 Å². The summed E-state index contributed by atoms with van der Waals surface area (Å²) in [6.07, 6.45) is 7.30. The third-order valence-corrected chi connectivity index (χ3v) is 4.86. The predicted octanol–water partition coefficient (Wildman–Crippen LogP) is 2.29. The standard InChI is InChI=1S/C16H15N7S/c1-24-23-9-16(8-17,10-23)22-13-4-7-20-15(21-13)12-3-6-19-14-11(12)2-5-18-14/h2-7H,9-10H2,1H3,(H,18,19)(H,20,21,22). The van der Waals surface area contributed by atoms with Gasteiger partial charge in [-0.05, 0) is 24.5 Å². The number of rotatable bonds is 4. The van der Waals surface area contributed by atoms with Crippen molar-refractivity contribution in [3.05, 3.63) is 36.8 Å². The van der Waals surface area contributed by atoms with E-state index in [1.807, 2.05) is 24.6 Å². The van der Waals surface area contributed by atoms with Gasteiger partial charge in [-0.3, -0.25) is 0 Å². The fraction of sp³-hybridized carbons (Fsp3) is 0.250. The Morgan fingerprint density at radius 3 is 2.92 bits per heavy atom. The average Bonchev–Trinajstić information content (AvgIpc) is 3.06. The maximum atomic E-state index is 9.51. The first-order valence-electron chi connectivity index (χ1n) is 7.47. The molecule has 0 bridgehead atoms. The van der Waals surface area contributed by atoms with E-state index in [2.05, 4.69) is 35.6 Å². The molecule has 4 rings (SSSR count). The van der Waals surface area contributed by atoms with Crippen molar-refractivity contribution in [2.75, 3.05) is 24.7 Å². The lowest BCUT2D eigenvalue weighted by Gasteiger charge is -2.44. The minimum absolute atomic E-state index is 0.587. The summed E-state index contributed by atoms with van der Waals surface area (Å²) in [5.74, 6) is 1.27. The van der Waals surface area contributed by atoms with Gasteiger partial charge in [0.25, 0.3) is 0 Å². The average molecular weight is 337 g/mol. The van der Waals surface area contributed by atoms with Crippen molar-refractivity contribution in [2.45, 2.75) is 5.54 Å². The van der Waals surface area contributed by atoms with Crippen molar-refractivity contribution in [1.82, 2.24) is 24.2 Å². The van der Waals surface area contributed by atoms with E-state index in [1.54, 1.807) is 30.4 Å². The Morgan fingerprint density at radius 2 is 2.12 bits per heavy atom. The number of pyridine rings is 1. The van der Waals surface area contributed by atoms with Crippen LogP contribution in [0.2, 0.25) is 0 Å². The molecule has 0 atom stereocenters. The molecule has 0 spiro atoms. The van der Waals surface area contributed by atoms with Gasteiger partial charge in [0.15, 0.2) is 11.4 Å². The lowest BCUT2D eigenvalue weighted by Crippen LogP contribution is -2.62. The Balaban J connectivity index is 1.65. The van der Waals surface area contributed by atoms with E-state index in [1.165, 1.54) is 0 Å². The van der Waals surface area contributed by atoms with Crippen molar-refractivity contribution in [1.29, 1.82) is 5.26 Å². The van der Waals surface area contributed by atoms with E-state index >= 15 is 0 Å². The highest BCUT2D eigenvalue weighted by atomic mass is 32.2. The van der Waals surface area contributed by atoms with Crippen LogP contribution in [-0.2, 0) is 0 Å². The van der Waals surface area contributed by atoms with E-state index in [-0.39, 0.29) is 0 Å². The molecule has 1 aliphatic rings. The molecule has 7 nitrogen and oxygen atoms in total. The predicted molar refractivity (Wildman–Crippen MR) is 94.2 cm³/mol. The molecule has 8 heteroatoms. The van der Waals surface area contributed by atoms with Gasteiger partial charge in [0.2, 0.25) is 0 Å². The SMILES string of the molecule is CSN1CC(C#N)(Nc2ccnc(-c3ccnc4[nH]ccc34)n2)C1. The second kappa shape index (κ2) is 5.78. The molecule has 0 saturated carbocycles. The van der Waals surface area contributed by atoms with Gasteiger partial charge in [-0.2, -0.15) is 5.26 Å². The zero-order valence-electron chi connectivity index (χ0n) is 13.0. The normalized spacial score (nSPS) is 16.5. The molecule has 1 saturated heterocycles. The topological polar surface area (TPSA) is 93.5 Å². The van der Waals surface area contributed by atoms with E-state index in [0.717, 1.165) is 16.6 Å². The number of aromatic nitrogens is 4. The number of nitrogens with zero attached hydrogens (tertiary/aromatic N) is 5. The Morgan fingerprint density at radius 1 is 1.29 bits per heavy atom. The number of anilines is 1. The maximum absolute atomic E-state index is 9.51. The highest BCUT2D eigenvalue weighted by Crippen LogP contribution is 2.30. The largest absolute Gasteiger partial charge is 0.350 e. The molecule has 3 aromatic rings. The summed E-state index contributed by atoms with van der Waals surface area (Å²) in [7, 11) is 0. The van der Waals surface area contributed by atoms with Crippen LogP contribution in [0, 0.1) is 11.3 Å². The summed E-state index contributed by atoms with van der Waals surface area (Å²) in [6.45, 7) is 1.34. The van der Waals surface area contributed by atoms with Crippen LogP contribution < -0.4 is 5.32 Å². The molecular weight excluding hydrogens is 322 g/mol. The molecule has 0 unspecified atom stereocenters. The first-order valence-corrected chi connectivity index (χ1v) is 8.65. The van der Waals surface area contributed by atoms with Crippen LogP contribution >= 0.6 is 11.9 Å². The Bertz CT molecular complexity index is 923.